The zero-order valence-electron chi connectivity index (χ0n) is 13.2. The van der Waals surface area contributed by atoms with Crippen LogP contribution < -0.4 is 0 Å². The maximum absolute atomic E-state index is 12.6. The third kappa shape index (κ3) is 4.58. The molecule has 24 heavy (non-hydrogen) atoms. The van der Waals surface area contributed by atoms with Crippen molar-refractivity contribution in [1.82, 2.24) is 9.80 Å². The quantitative estimate of drug-likeness (QED) is 0.576. The van der Waals surface area contributed by atoms with Gasteiger partial charge >= 0.3 is 0 Å². The van der Waals surface area contributed by atoms with Crippen molar-refractivity contribution in [2.45, 2.75) is 6.42 Å². The zero-order chi connectivity index (χ0) is 16.9. The lowest BCUT2D eigenvalue weighted by Crippen LogP contribution is -2.38. The van der Waals surface area contributed by atoms with E-state index in [0.29, 0.717) is 20.8 Å². The number of carbonyl (C=O) groups excluding carboxylic acids is 1. The molecule has 0 aliphatic carbocycles. The number of benzene rings is 1. The van der Waals surface area contributed by atoms with Crippen molar-refractivity contribution in [1.29, 1.82) is 0 Å². The molecule has 1 aromatic carbocycles. The van der Waals surface area contributed by atoms with E-state index in [-0.39, 0.29) is 5.91 Å². The zero-order valence-corrected chi connectivity index (χ0v) is 15.6. The highest BCUT2D eigenvalue weighted by Gasteiger charge is 2.31. The van der Waals surface area contributed by atoms with Crippen molar-refractivity contribution in [2.75, 3.05) is 39.4 Å². The topological polar surface area (TPSA) is 32.8 Å². The number of hydrogen-bond acceptors (Lipinski definition) is 5. The molecule has 2 fully saturated rings. The van der Waals surface area contributed by atoms with Crippen LogP contribution in [0.15, 0.2) is 29.2 Å². The van der Waals surface area contributed by atoms with Crippen LogP contribution in [0.1, 0.15) is 12.0 Å². The highest BCUT2D eigenvalue weighted by Crippen LogP contribution is 2.32. The average molecular weight is 383 g/mol. The SMILES string of the molecule is O=C1/C(=C/c2ccc(Cl)cc2)SC(=S)N1CCCN1CCOCC1. The number of halogens is 1. The standard InChI is InChI=1S/C17H19ClN2O2S2/c18-14-4-2-13(3-5-14)12-15-16(21)20(17(23)24-15)7-1-6-19-8-10-22-11-9-19/h2-5,12H,1,6-11H2/b15-12-. The number of nitrogens with zero attached hydrogens (tertiary/aromatic N) is 2. The smallest absolute Gasteiger partial charge is 0.266 e. The van der Waals surface area contributed by atoms with Crippen LogP contribution in [-0.2, 0) is 9.53 Å². The van der Waals surface area contributed by atoms with E-state index in [4.69, 9.17) is 28.6 Å². The second-order valence-corrected chi connectivity index (χ2v) is 7.80. The molecule has 0 N–H and O–H groups in total. The number of ether oxygens (including phenoxy) is 1. The molecule has 2 heterocycles. The molecular weight excluding hydrogens is 364 g/mol. The summed E-state index contributed by atoms with van der Waals surface area (Å²) in [4.78, 5) is 17.3. The number of rotatable bonds is 5. The van der Waals surface area contributed by atoms with Crippen molar-refractivity contribution in [3.63, 3.8) is 0 Å². The fourth-order valence-electron chi connectivity index (χ4n) is 2.68. The lowest BCUT2D eigenvalue weighted by atomic mass is 10.2. The molecule has 4 nitrogen and oxygen atoms in total. The molecule has 0 saturated carbocycles. The van der Waals surface area contributed by atoms with E-state index in [1.165, 1.54) is 11.8 Å². The molecule has 3 rings (SSSR count). The molecule has 0 radical (unpaired) electrons. The minimum atomic E-state index is 0.00178. The van der Waals surface area contributed by atoms with Gasteiger partial charge in [0.1, 0.15) is 4.32 Å². The van der Waals surface area contributed by atoms with Crippen LogP contribution in [0.25, 0.3) is 6.08 Å². The Hall–Kier alpha value is -0.920. The second-order valence-electron chi connectivity index (χ2n) is 5.69. The fraction of sp³-hybridized carbons (Fsp3) is 0.412. The summed E-state index contributed by atoms with van der Waals surface area (Å²) in [5.41, 5.74) is 0.952. The van der Waals surface area contributed by atoms with E-state index in [2.05, 4.69) is 4.90 Å². The molecule has 7 heteroatoms. The van der Waals surface area contributed by atoms with Crippen molar-refractivity contribution < 1.29 is 9.53 Å². The van der Waals surface area contributed by atoms with Crippen molar-refractivity contribution in [3.05, 3.63) is 39.8 Å². The molecular formula is C17H19ClN2O2S2. The Morgan fingerprint density at radius 1 is 1.21 bits per heavy atom. The van der Waals surface area contributed by atoms with Crippen LogP contribution in [-0.4, -0.2) is 59.4 Å². The number of hydrogen-bond donors (Lipinski definition) is 0. The van der Waals surface area contributed by atoms with Gasteiger partial charge in [0.15, 0.2) is 0 Å². The number of carbonyl (C=O) groups is 1. The Balaban J connectivity index is 1.56. The maximum Gasteiger partial charge on any atom is 0.266 e. The molecule has 0 atom stereocenters. The molecule has 128 valence electrons. The average Bonchev–Trinajstić information content (AvgIpc) is 2.85. The Morgan fingerprint density at radius 2 is 1.92 bits per heavy atom. The number of morpholine rings is 1. The van der Waals surface area contributed by atoms with Crippen LogP contribution >= 0.6 is 35.6 Å². The van der Waals surface area contributed by atoms with Crippen LogP contribution in [0.3, 0.4) is 0 Å². The van der Waals surface area contributed by atoms with Gasteiger partial charge < -0.3 is 4.74 Å². The summed E-state index contributed by atoms with van der Waals surface area (Å²) in [6.07, 6.45) is 2.79. The van der Waals surface area contributed by atoms with Gasteiger partial charge in [0.25, 0.3) is 5.91 Å². The lowest BCUT2D eigenvalue weighted by Gasteiger charge is -2.27. The van der Waals surface area contributed by atoms with Crippen molar-refractivity contribution in [3.8, 4) is 0 Å². The van der Waals surface area contributed by atoms with Gasteiger partial charge in [0.2, 0.25) is 0 Å². The predicted octanol–water partition coefficient (Wildman–Crippen LogP) is 3.26. The molecule has 0 unspecified atom stereocenters. The Labute approximate surface area is 156 Å². The van der Waals surface area contributed by atoms with Gasteiger partial charge in [-0.05, 0) is 30.2 Å². The molecule has 1 amide bonds. The van der Waals surface area contributed by atoms with Gasteiger partial charge in [0, 0.05) is 31.2 Å². The lowest BCUT2D eigenvalue weighted by molar-refractivity contribution is -0.122. The summed E-state index contributed by atoms with van der Waals surface area (Å²) in [6, 6.07) is 7.42. The Kier molecular flexibility index (Phi) is 6.30. The van der Waals surface area contributed by atoms with Gasteiger partial charge in [-0.25, -0.2) is 0 Å². The monoisotopic (exact) mass is 382 g/mol. The molecule has 2 aliphatic heterocycles. The summed E-state index contributed by atoms with van der Waals surface area (Å²) >= 11 is 12.6. The maximum atomic E-state index is 12.6. The minimum absolute atomic E-state index is 0.00178. The first-order valence-electron chi connectivity index (χ1n) is 7.94. The van der Waals surface area contributed by atoms with E-state index in [1.807, 2.05) is 30.3 Å². The third-order valence-corrected chi connectivity index (χ3v) is 5.63. The summed E-state index contributed by atoms with van der Waals surface area (Å²) < 4.78 is 5.99. The highest BCUT2D eigenvalue weighted by molar-refractivity contribution is 8.26. The van der Waals surface area contributed by atoms with Crippen LogP contribution in [0.4, 0.5) is 0 Å². The largest absolute Gasteiger partial charge is 0.379 e. The third-order valence-electron chi connectivity index (χ3n) is 4.00. The van der Waals surface area contributed by atoms with E-state index in [0.717, 1.165) is 44.8 Å². The fourth-order valence-corrected chi connectivity index (χ4v) is 4.11. The molecule has 0 spiro atoms. The Morgan fingerprint density at radius 3 is 2.62 bits per heavy atom. The number of amides is 1. The first kappa shape index (κ1) is 17.9. The van der Waals surface area contributed by atoms with Gasteiger partial charge in [-0.1, -0.05) is 47.7 Å². The van der Waals surface area contributed by atoms with Gasteiger partial charge in [-0.3, -0.25) is 14.6 Å². The van der Waals surface area contributed by atoms with Gasteiger partial charge in [-0.15, -0.1) is 0 Å². The van der Waals surface area contributed by atoms with Gasteiger partial charge in [-0.2, -0.15) is 0 Å². The van der Waals surface area contributed by atoms with Crippen LogP contribution in [0.5, 0.6) is 0 Å². The van der Waals surface area contributed by atoms with Crippen LogP contribution in [0.2, 0.25) is 5.02 Å². The highest BCUT2D eigenvalue weighted by atomic mass is 35.5. The van der Waals surface area contributed by atoms with E-state index < -0.39 is 0 Å². The number of thiocarbonyl (C=S) groups is 1. The van der Waals surface area contributed by atoms with Gasteiger partial charge in [0.05, 0.1) is 18.1 Å². The predicted molar refractivity (Wildman–Crippen MR) is 103 cm³/mol. The summed E-state index contributed by atoms with van der Waals surface area (Å²) in [5, 5.41) is 0.683. The number of thioether (sulfide) groups is 1. The molecule has 0 aromatic heterocycles. The second kappa shape index (κ2) is 8.45. The first-order valence-corrected chi connectivity index (χ1v) is 9.55. The summed E-state index contributed by atoms with van der Waals surface area (Å²) in [5.74, 6) is 0.00178. The first-order chi connectivity index (χ1) is 11.6. The van der Waals surface area contributed by atoms with Crippen molar-refractivity contribution >= 4 is 51.9 Å². The molecule has 1 aromatic rings. The molecule has 2 aliphatic rings. The molecule has 0 bridgehead atoms. The summed E-state index contributed by atoms with van der Waals surface area (Å²) in [6.45, 7) is 5.16. The minimum Gasteiger partial charge on any atom is -0.379 e. The van der Waals surface area contributed by atoms with E-state index in [9.17, 15) is 4.79 Å². The van der Waals surface area contributed by atoms with E-state index >= 15 is 0 Å². The summed E-state index contributed by atoms with van der Waals surface area (Å²) in [7, 11) is 0. The van der Waals surface area contributed by atoms with Crippen molar-refractivity contribution in [2.24, 2.45) is 0 Å². The van der Waals surface area contributed by atoms with E-state index in [1.54, 1.807) is 4.90 Å². The normalized spacial score (nSPS) is 21.0. The van der Waals surface area contributed by atoms with Crippen LogP contribution in [0, 0.1) is 0 Å². The molecule has 2 saturated heterocycles. The Bertz CT molecular complexity index is 642.